The zero-order chi connectivity index (χ0) is 16.0. The van der Waals surface area contributed by atoms with Crippen molar-refractivity contribution in [3.8, 4) is 0 Å². The summed E-state index contributed by atoms with van der Waals surface area (Å²) < 4.78 is 30.7. The van der Waals surface area contributed by atoms with Gasteiger partial charge in [0.15, 0.2) is 18.2 Å². The number of nitrogens with two attached hydrogens (primary N) is 1. The Hall–Kier alpha value is -2.18. The van der Waals surface area contributed by atoms with Gasteiger partial charge in [-0.2, -0.15) is 0 Å². The van der Waals surface area contributed by atoms with Crippen LogP contribution in [0.5, 0.6) is 0 Å². The molecule has 0 bridgehead atoms. The molecule has 1 amide bonds. The van der Waals surface area contributed by atoms with Gasteiger partial charge in [0.1, 0.15) is 0 Å². The van der Waals surface area contributed by atoms with E-state index in [1.807, 2.05) is 13.8 Å². The maximum atomic E-state index is 13.1. The summed E-state index contributed by atoms with van der Waals surface area (Å²) in [5.74, 6) is -3.81. The molecule has 1 aromatic carbocycles. The molecule has 0 unspecified atom stereocenters. The minimum absolute atomic E-state index is 0.00420. The van der Waals surface area contributed by atoms with Crippen LogP contribution >= 0.6 is 0 Å². The van der Waals surface area contributed by atoms with Crippen LogP contribution in [0.1, 0.15) is 37.0 Å². The van der Waals surface area contributed by atoms with Gasteiger partial charge in [-0.05, 0) is 18.9 Å². The lowest BCUT2D eigenvalue weighted by atomic mass is 10.1. The predicted molar refractivity (Wildman–Crippen MR) is 73.6 cm³/mol. The third kappa shape index (κ3) is 4.70. The van der Waals surface area contributed by atoms with E-state index in [0.29, 0.717) is 12.1 Å². The highest BCUT2D eigenvalue weighted by molar-refractivity contribution is 5.96. The number of ether oxygens (including phenoxy) is 1. The lowest BCUT2D eigenvalue weighted by molar-refractivity contribution is -0.125. The van der Waals surface area contributed by atoms with Gasteiger partial charge in [-0.15, -0.1) is 0 Å². The highest BCUT2D eigenvalue weighted by Crippen LogP contribution is 2.17. The number of hydrogen-bond donors (Lipinski definition) is 2. The van der Waals surface area contributed by atoms with Crippen LogP contribution in [0.15, 0.2) is 12.1 Å². The summed E-state index contributed by atoms with van der Waals surface area (Å²) >= 11 is 0. The minimum atomic E-state index is -1.21. The summed E-state index contributed by atoms with van der Waals surface area (Å²) in [5.41, 5.74) is 4.85. The first-order chi connectivity index (χ1) is 9.88. The molecule has 0 aliphatic carbocycles. The molecule has 0 radical (unpaired) electrons. The number of halogens is 2. The molecular formula is C14H18F2N2O3. The largest absolute Gasteiger partial charge is 0.452 e. The number of hydrogen-bond acceptors (Lipinski definition) is 4. The van der Waals surface area contributed by atoms with Gasteiger partial charge in [0.2, 0.25) is 0 Å². The van der Waals surface area contributed by atoms with Gasteiger partial charge in [0, 0.05) is 17.8 Å². The normalized spacial score (nSPS) is 10.5. The molecule has 0 fully saturated rings. The molecule has 7 heteroatoms. The van der Waals surface area contributed by atoms with E-state index in [4.69, 9.17) is 10.5 Å². The van der Waals surface area contributed by atoms with E-state index in [0.717, 1.165) is 12.8 Å². The standard InChI is InChI=1S/C14H18F2N2O3/c1-3-8(4-2)18-13(19)7-21-14(20)9-5-10(15)11(16)6-12(9)17/h5-6,8H,3-4,7,17H2,1-2H3,(H,18,19). The fourth-order valence-electron chi connectivity index (χ4n) is 1.71. The smallest absolute Gasteiger partial charge is 0.340 e. The molecule has 0 heterocycles. The molecule has 0 aliphatic heterocycles. The second kappa shape index (κ2) is 7.56. The lowest BCUT2D eigenvalue weighted by Crippen LogP contribution is -2.36. The number of nitrogen functional groups attached to an aromatic ring is 1. The minimum Gasteiger partial charge on any atom is -0.452 e. The summed E-state index contributed by atoms with van der Waals surface area (Å²) in [6, 6.07) is 1.34. The summed E-state index contributed by atoms with van der Waals surface area (Å²) in [6.07, 6.45) is 1.51. The van der Waals surface area contributed by atoms with Crippen molar-refractivity contribution < 1.29 is 23.1 Å². The molecule has 116 valence electrons. The van der Waals surface area contributed by atoms with Gasteiger partial charge in [0.25, 0.3) is 5.91 Å². The Morgan fingerprint density at radius 2 is 1.81 bits per heavy atom. The van der Waals surface area contributed by atoms with Crippen molar-refractivity contribution in [3.63, 3.8) is 0 Å². The summed E-state index contributed by atoms with van der Waals surface area (Å²) in [5, 5.41) is 2.68. The van der Waals surface area contributed by atoms with Crippen LogP contribution in [0.25, 0.3) is 0 Å². The second-order valence-electron chi connectivity index (χ2n) is 4.51. The number of rotatable bonds is 6. The van der Waals surface area contributed by atoms with Crippen LogP contribution in [-0.4, -0.2) is 24.5 Å². The van der Waals surface area contributed by atoms with Crippen LogP contribution in [0.4, 0.5) is 14.5 Å². The van der Waals surface area contributed by atoms with Crippen molar-refractivity contribution in [2.45, 2.75) is 32.7 Å². The number of nitrogens with one attached hydrogen (secondary N) is 1. The van der Waals surface area contributed by atoms with Crippen LogP contribution in [-0.2, 0) is 9.53 Å². The predicted octanol–water partition coefficient (Wildman–Crippen LogP) is 2.01. The third-order valence-electron chi connectivity index (χ3n) is 3.00. The highest BCUT2D eigenvalue weighted by Gasteiger charge is 2.17. The number of carbonyl (C=O) groups excluding carboxylic acids is 2. The summed E-state index contributed by atoms with van der Waals surface area (Å²) in [6.45, 7) is 3.33. The van der Waals surface area contributed by atoms with Crippen molar-refractivity contribution in [1.29, 1.82) is 0 Å². The molecule has 0 atom stereocenters. The molecule has 5 nitrogen and oxygen atoms in total. The summed E-state index contributed by atoms with van der Waals surface area (Å²) in [4.78, 5) is 23.2. The molecule has 0 aromatic heterocycles. The van der Waals surface area contributed by atoms with Crippen LogP contribution < -0.4 is 11.1 Å². The number of carbonyl (C=O) groups is 2. The first-order valence-electron chi connectivity index (χ1n) is 6.60. The van der Waals surface area contributed by atoms with Crippen molar-refractivity contribution in [2.75, 3.05) is 12.3 Å². The van der Waals surface area contributed by atoms with Gasteiger partial charge in [-0.1, -0.05) is 13.8 Å². The molecule has 21 heavy (non-hydrogen) atoms. The number of anilines is 1. The third-order valence-corrected chi connectivity index (χ3v) is 3.00. The quantitative estimate of drug-likeness (QED) is 0.622. The Kier molecular flexibility index (Phi) is 6.08. The van der Waals surface area contributed by atoms with E-state index >= 15 is 0 Å². The van der Waals surface area contributed by atoms with Crippen LogP contribution in [0.3, 0.4) is 0 Å². The van der Waals surface area contributed by atoms with Crippen molar-refractivity contribution >= 4 is 17.6 Å². The van der Waals surface area contributed by atoms with Crippen LogP contribution in [0, 0.1) is 11.6 Å². The van der Waals surface area contributed by atoms with Crippen LogP contribution in [0.2, 0.25) is 0 Å². The average Bonchev–Trinajstić information content (AvgIpc) is 2.46. The van der Waals surface area contributed by atoms with Crippen molar-refractivity contribution in [2.24, 2.45) is 0 Å². The molecule has 1 rings (SSSR count). The Morgan fingerprint density at radius 3 is 2.38 bits per heavy atom. The first kappa shape index (κ1) is 16.9. The van der Waals surface area contributed by atoms with Gasteiger partial charge in [0.05, 0.1) is 5.56 Å². The number of amides is 1. The van der Waals surface area contributed by atoms with E-state index in [-0.39, 0.29) is 17.3 Å². The van der Waals surface area contributed by atoms with E-state index in [1.54, 1.807) is 0 Å². The van der Waals surface area contributed by atoms with Crippen molar-refractivity contribution in [3.05, 3.63) is 29.3 Å². The lowest BCUT2D eigenvalue weighted by Gasteiger charge is -2.14. The van der Waals surface area contributed by atoms with E-state index in [1.165, 1.54) is 0 Å². The van der Waals surface area contributed by atoms with Gasteiger partial charge in [-0.3, -0.25) is 4.79 Å². The molecule has 1 aromatic rings. The van der Waals surface area contributed by atoms with Gasteiger partial charge in [-0.25, -0.2) is 13.6 Å². The molecule has 0 saturated heterocycles. The van der Waals surface area contributed by atoms with Gasteiger partial charge < -0.3 is 15.8 Å². The highest BCUT2D eigenvalue weighted by atomic mass is 19.2. The van der Waals surface area contributed by atoms with E-state index < -0.39 is 30.1 Å². The van der Waals surface area contributed by atoms with E-state index in [2.05, 4.69) is 5.32 Å². The molecular weight excluding hydrogens is 282 g/mol. The number of benzene rings is 1. The average molecular weight is 300 g/mol. The van der Waals surface area contributed by atoms with E-state index in [9.17, 15) is 18.4 Å². The Labute approximate surface area is 121 Å². The van der Waals surface area contributed by atoms with Gasteiger partial charge >= 0.3 is 5.97 Å². The SMILES string of the molecule is CCC(CC)NC(=O)COC(=O)c1cc(F)c(F)cc1N. The fraction of sp³-hybridized carbons (Fsp3) is 0.429. The Morgan fingerprint density at radius 1 is 1.24 bits per heavy atom. The zero-order valence-electron chi connectivity index (χ0n) is 11.9. The molecule has 3 N–H and O–H groups in total. The molecule has 0 spiro atoms. The van der Waals surface area contributed by atoms with Crippen molar-refractivity contribution in [1.82, 2.24) is 5.32 Å². The number of esters is 1. The Bertz CT molecular complexity index is 531. The maximum Gasteiger partial charge on any atom is 0.340 e. The Balaban J connectivity index is 2.62. The molecule has 0 aliphatic rings. The topological polar surface area (TPSA) is 81.4 Å². The molecule has 0 saturated carbocycles. The first-order valence-corrected chi connectivity index (χ1v) is 6.60. The monoisotopic (exact) mass is 300 g/mol. The zero-order valence-corrected chi connectivity index (χ0v) is 11.9. The summed E-state index contributed by atoms with van der Waals surface area (Å²) in [7, 11) is 0. The fourth-order valence-corrected chi connectivity index (χ4v) is 1.71. The maximum absolute atomic E-state index is 13.1. The second-order valence-corrected chi connectivity index (χ2v) is 4.51.